The molecule has 5 nitrogen and oxygen atoms in total. The maximum atomic E-state index is 13.7. The van der Waals surface area contributed by atoms with Crippen LogP contribution in [0.3, 0.4) is 0 Å². The van der Waals surface area contributed by atoms with Crippen molar-refractivity contribution in [3.8, 4) is 0 Å². The standard InChI is InChI=1S/C19H18F2N2O3/c1-26-19(25)16-9-12-5-2-3-6-13(12)10-23(16)11-17(24)22-18-14(20)7-4-8-15(18)21/h2-8,16H,9-11H2,1H3,(H,22,24)/p+1/t16-/m1/s1. The predicted octanol–water partition coefficient (Wildman–Crippen LogP) is 1.09. The smallest absolute Gasteiger partial charge is 0.365 e. The van der Waals surface area contributed by atoms with E-state index in [4.69, 9.17) is 4.74 Å². The lowest BCUT2D eigenvalue weighted by Crippen LogP contribution is -3.17. The molecule has 1 heterocycles. The van der Waals surface area contributed by atoms with Gasteiger partial charge in [-0.05, 0) is 17.7 Å². The summed E-state index contributed by atoms with van der Waals surface area (Å²) in [6, 6.07) is 10.5. The van der Waals surface area contributed by atoms with E-state index in [1.807, 2.05) is 24.3 Å². The third-order valence-corrected chi connectivity index (χ3v) is 4.55. The molecule has 0 aliphatic carbocycles. The van der Waals surface area contributed by atoms with E-state index >= 15 is 0 Å². The van der Waals surface area contributed by atoms with E-state index in [-0.39, 0.29) is 6.54 Å². The van der Waals surface area contributed by atoms with Gasteiger partial charge in [-0.2, -0.15) is 0 Å². The van der Waals surface area contributed by atoms with E-state index in [1.54, 1.807) is 0 Å². The molecule has 0 radical (unpaired) electrons. The summed E-state index contributed by atoms with van der Waals surface area (Å²) in [5.41, 5.74) is 1.59. The lowest BCUT2D eigenvalue weighted by atomic mass is 9.94. The number of benzene rings is 2. The zero-order valence-corrected chi connectivity index (χ0v) is 14.2. The van der Waals surface area contributed by atoms with Crippen LogP contribution < -0.4 is 10.2 Å². The van der Waals surface area contributed by atoms with Crippen LogP contribution in [-0.4, -0.2) is 31.6 Å². The first-order valence-electron chi connectivity index (χ1n) is 8.22. The highest BCUT2D eigenvalue weighted by Crippen LogP contribution is 2.18. The quantitative estimate of drug-likeness (QED) is 0.802. The number of methoxy groups -OCH3 is 1. The van der Waals surface area contributed by atoms with Crippen LogP contribution in [0.5, 0.6) is 0 Å². The Balaban J connectivity index is 1.78. The van der Waals surface area contributed by atoms with Crippen molar-refractivity contribution in [1.82, 2.24) is 0 Å². The lowest BCUT2D eigenvalue weighted by Gasteiger charge is -2.31. The first kappa shape index (κ1) is 18.0. The van der Waals surface area contributed by atoms with Crippen LogP contribution in [0.15, 0.2) is 42.5 Å². The average Bonchev–Trinajstić information content (AvgIpc) is 2.63. The number of carbonyl (C=O) groups is 2. The molecule has 7 heteroatoms. The van der Waals surface area contributed by atoms with Gasteiger partial charge in [-0.3, -0.25) is 4.79 Å². The fourth-order valence-corrected chi connectivity index (χ4v) is 3.25. The Morgan fingerprint density at radius 2 is 1.77 bits per heavy atom. The third-order valence-electron chi connectivity index (χ3n) is 4.55. The van der Waals surface area contributed by atoms with Gasteiger partial charge in [0.05, 0.1) is 7.11 Å². The normalized spacial score (nSPS) is 18.7. The van der Waals surface area contributed by atoms with Gasteiger partial charge in [0.25, 0.3) is 5.91 Å². The molecule has 0 aromatic heterocycles. The molecule has 3 rings (SSSR count). The Labute approximate surface area is 149 Å². The zero-order chi connectivity index (χ0) is 18.7. The number of nitrogens with one attached hydrogen (secondary N) is 2. The number of rotatable bonds is 4. The number of hydrogen-bond acceptors (Lipinski definition) is 3. The Hall–Kier alpha value is -2.80. The SMILES string of the molecule is COC(=O)[C@H]1Cc2ccccc2C[NH+]1CC(=O)Nc1c(F)cccc1F. The van der Waals surface area contributed by atoms with Gasteiger partial charge in [-0.1, -0.05) is 30.3 Å². The molecule has 1 amide bonds. The van der Waals surface area contributed by atoms with Crippen molar-refractivity contribution >= 4 is 17.6 Å². The topological polar surface area (TPSA) is 59.8 Å². The summed E-state index contributed by atoms with van der Waals surface area (Å²) in [6.45, 7) is 0.338. The minimum Gasteiger partial charge on any atom is -0.465 e. The number of carbonyl (C=O) groups excluding carboxylic acids is 2. The van der Waals surface area contributed by atoms with E-state index in [2.05, 4.69) is 5.32 Å². The van der Waals surface area contributed by atoms with Gasteiger partial charge < -0.3 is 15.0 Å². The average molecular weight is 361 g/mol. The molecule has 2 atom stereocenters. The number of anilines is 1. The fraction of sp³-hybridized carbons (Fsp3) is 0.263. The van der Waals surface area contributed by atoms with Crippen molar-refractivity contribution < 1.29 is 28.0 Å². The number of fused-ring (bicyclic) bond motifs is 1. The molecule has 2 aromatic rings. The molecule has 0 saturated heterocycles. The molecule has 0 spiro atoms. The van der Waals surface area contributed by atoms with Gasteiger partial charge in [0.1, 0.15) is 23.9 Å². The summed E-state index contributed by atoms with van der Waals surface area (Å²) >= 11 is 0. The van der Waals surface area contributed by atoms with E-state index in [0.29, 0.717) is 17.9 Å². The molecule has 1 aliphatic rings. The molecule has 26 heavy (non-hydrogen) atoms. The summed E-state index contributed by atoms with van der Waals surface area (Å²) in [5.74, 6) is -2.68. The van der Waals surface area contributed by atoms with E-state index < -0.39 is 35.2 Å². The van der Waals surface area contributed by atoms with Crippen LogP contribution >= 0.6 is 0 Å². The first-order valence-corrected chi connectivity index (χ1v) is 8.22. The van der Waals surface area contributed by atoms with Crippen molar-refractivity contribution in [2.45, 2.75) is 19.0 Å². The second kappa shape index (κ2) is 7.61. The summed E-state index contributed by atoms with van der Waals surface area (Å²) in [5, 5.41) is 2.27. The molecule has 2 aromatic carbocycles. The molecule has 0 saturated carbocycles. The number of para-hydroxylation sites is 1. The summed E-state index contributed by atoms with van der Waals surface area (Å²) in [6.07, 6.45) is 0.444. The molecule has 1 unspecified atom stereocenters. The van der Waals surface area contributed by atoms with Crippen molar-refractivity contribution in [2.75, 3.05) is 19.0 Å². The van der Waals surface area contributed by atoms with Gasteiger partial charge in [0, 0.05) is 12.0 Å². The summed E-state index contributed by atoms with van der Waals surface area (Å²) in [4.78, 5) is 25.1. The second-order valence-electron chi connectivity index (χ2n) is 6.21. The second-order valence-corrected chi connectivity index (χ2v) is 6.21. The Bertz CT molecular complexity index is 821. The van der Waals surface area contributed by atoms with Crippen molar-refractivity contribution in [3.63, 3.8) is 0 Å². The highest BCUT2D eigenvalue weighted by atomic mass is 19.1. The van der Waals surface area contributed by atoms with Gasteiger partial charge in [0.2, 0.25) is 0 Å². The molecule has 2 N–H and O–H groups in total. The van der Waals surface area contributed by atoms with Gasteiger partial charge in [0.15, 0.2) is 12.6 Å². The first-order chi connectivity index (χ1) is 12.5. The number of ether oxygens (including phenoxy) is 1. The number of hydrogen-bond donors (Lipinski definition) is 2. The van der Waals surface area contributed by atoms with Gasteiger partial charge >= 0.3 is 5.97 Å². The van der Waals surface area contributed by atoms with Crippen LogP contribution in [-0.2, 0) is 27.3 Å². The van der Waals surface area contributed by atoms with Crippen LogP contribution in [0.1, 0.15) is 11.1 Å². The Kier molecular flexibility index (Phi) is 5.27. The number of amides is 1. The Morgan fingerprint density at radius 3 is 2.42 bits per heavy atom. The minimum absolute atomic E-state index is 0.109. The van der Waals surface area contributed by atoms with E-state index in [1.165, 1.54) is 13.2 Å². The fourth-order valence-electron chi connectivity index (χ4n) is 3.25. The molecule has 0 fully saturated rings. The number of esters is 1. The highest BCUT2D eigenvalue weighted by molar-refractivity contribution is 5.91. The molecule has 1 aliphatic heterocycles. The number of quaternary nitrogens is 1. The van der Waals surface area contributed by atoms with Gasteiger partial charge in [-0.25, -0.2) is 13.6 Å². The van der Waals surface area contributed by atoms with Crippen molar-refractivity contribution in [3.05, 3.63) is 65.2 Å². The van der Waals surface area contributed by atoms with Gasteiger partial charge in [-0.15, -0.1) is 0 Å². The monoisotopic (exact) mass is 361 g/mol. The summed E-state index contributed by atoms with van der Waals surface area (Å²) in [7, 11) is 1.30. The van der Waals surface area contributed by atoms with E-state index in [9.17, 15) is 18.4 Å². The molecule has 0 bridgehead atoms. The third kappa shape index (κ3) is 3.72. The summed E-state index contributed by atoms with van der Waals surface area (Å²) < 4.78 is 32.3. The molecule has 136 valence electrons. The van der Waals surface area contributed by atoms with Crippen molar-refractivity contribution in [1.29, 1.82) is 0 Å². The maximum Gasteiger partial charge on any atom is 0.365 e. The van der Waals surface area contributed by atoms with Crippen LogP contribution in [0.25, 0.3) is 0 Å². The highest BCUT2D eigenvalue weighted by Gasteiger charge is 2.37. The minimum atomic E-state index is -0.846. The lowest BCUT2D eigenvalue weighted by molar-refractivity contribution is -0.924. The Morgan fingerprint density at radius 1 is 1.12 bits per heavy atom. The van der Waals surface area contributed by atoms with Crippen LogP contribution in [0.2, 0.25) is 0 Å². The number of halogens is 2. The zero-order valence-electron chi connectivity index (χ0n) is 14.2. The maximum absolute atomic E-state index is 13.7. The van der Waals surface area contributed by atoms with E-state index in [0.717, 1.165) is 23.3 Å². The molecular formula is C19H19F2N2O3+. The molecular weight excluding hydrogens is 342 g/mol. The largest absolute Gasteiger partial charge is 0.465 e. The van der Waals surface area contributed by atoms with Crippen LogP contribution in [0, 0.1) is 11.6 Å². The van der Waals surface area contributed by atoms with Crippen LogP contribution in [0.4, 0.5) is 14.5 Å². The van der Waals surface area contributed by atoms with Crippen molar-refractivity contribution in [2.24, 2.45) is 0 Å². The predicted molar refractivity (Wildman–Crippen MR) is 90.5 cm³/mol.